The van der Waals surface area contributed by atoms with Crippen LogP contribution in [0.5, 0.6) is 0 Å². The van der Waals surface area contributed by atoms with Crippen LogP contribution in [0.1, 0.15) is 17.4 Å². The molecule has 0 saturated heterocycles. The molecule has 0 fully saturated rings. The maximum atomic E-state index is 12.4. The van der Waals surface area contributed by atoms with Crippen molar-refractivity contribution in [3.8, 4) is 0 Å². The Morgan fingerprint density at radius 2 is 1.90 bits per heavy atom. The highest BCUT2D eigenvalue weighted by Gasteiger charge is 2.21. The molecule has 6 heteroatoms. The molecule has 0 amide bonds. The summed E-state index contributed by atoms with van der Waals surface area (Å²) in [6.07, 6.45) is 0. The number of anilines is 1. The van der Waals surface area contributed by atoms with E-state index in [0.717, 1.165) is 10.4 Å². The summed E-state index contributed by atoms with van der Waals surface area (Å²) in [6, 6.07) is 10.8. The van der Waals surface area contributed by atoms with E-state index in [4.69, 9.17) is 5.73 Å². The summed E-state index contributed by atoms with van der Waals surface area (Å²) in [5.41, 5.74) is 7.00. The Labute approximate surface area is 123 Å². The van der Waals surface area contributed by atoms with Gasteiger partial charge in [-0.25, -0.2) is 8.42 Å². The fourth-order valence-electron chi connectivity index (χ4n) is 1.90. The van der Waals surface area contributed by atoms with Gasteiger partial charge in [0.1, 0.15) is 0 Å². The standard InChI is InChI=1S/C14H18N2O2S2/c1-2-16(10-14-4-3-9-19-14)20(17,18)11-12-5-7-13(15)8-6-12/h3-9H,2,10-11,15H2,1H3. The van der Waals surface area contributed by atoms with Crippen molar-refractivity contribution >= 4 is 27.0 Å². The van der Waals surface area contributed by atoms with E-state index in [1.165, 1.54) is 4.31 Å². The number of nitrogen functional groups attached to an aromatic ring is 1. The van der Waals surface area contributed by atoms with Crippen molar-refractivity contribution in [3.63, 3.8) is 0 Å². The molecule has 4 nitrogen and oxygen atoms in total. The normalized spacial score (nSPS) is 11.9. The van der Waals surface area contributed by atoms with Crippen LogP contribution in [0.2, 0.25) is 0 Å². The van der Waals surface area contributed by atoms with Crippen LogP contribution in [-0.2, 0) is 22.3 Å². The zero-order valence-electron chi connectivity index (χ0n) is 11.3. The van der Waals surface area contributed by atoms with Gasteiger partial charge in [-0.1, -0.05) is 25.1 Å². The van der Waals surface area contributed by atoms with Gasteiger partial charge in [-0.3, -0.25) is 0 Å². The minimum atomic E-state index is -3.32. The molecular weight excluding hydrogens is 292 g/mol. The van der Waals surface area contributed by atoms with Gasteiger partial charge in [0.2, 0.25) is 10.0 Å². The fraction of sp³-hybridized carbons (Fsp3) is 0.286. The van der Waals surface area contributed by atoms with E-state index >= 15 is 0 Å². The van der Waals surface area contributed by atoms with Gasteiger partial charge in [0, 0.05) is 23.7 Å². The molecule has 0 spiro atoms. The molecule has 0 saturated carbocycles. The first-order chi connectivity index (χ1) is 9.51. The van der Waals surface area contributed by atoms with Crippen LogP contribution in [-0.4, -0.2) is 19.3 Å². The van der Waals surface area contributed by atoms with E-state index in [1.54, 1.807) is 35.6 Å². The molecule has 1 aromatic carbocycles. The summed E-state index contributed by atoms with van der Waals surface area (Å²) in [6.45, 7) is 2.76. The summed E-state index contributed by atoms with van der Waals surface area (Å²) in [4.78, 5) is 1.05. The highest BCUT2D eigenvalue weighted by atomic mass is 32.2. The highest BCUT2D eigenvalue weighted by Crippen LogP contribution is 2.18. The molecule has 1 heterocycles. The molecule has 1 aromatic heterocycles. The second-order valence-corrected chi connectivity index (χ2v) is 7.50. The number of nitrogens with two attached hydrogens (primary N) is 1. The Morgan fingerprint density at radius 3 is 2.45 bits per heavy atom. The smallest absolute Gasteiger partial charge is 0.218 e. The zero-order valence-corrected chi connectivity index (χ0v) is 13.0. The van der Waals surface area contributed by atoms with Crippen molar-refractivity contribution in [2.45, 2.75) is 19.2 Å². The maximum Gasteiger partial charge on any atom is 0.218 e. The molecule has 0 unspecified atom stereocenters. The number of benzene rings is 1. The Morgan fingerprint density at radius 1 is 1.20 bits per heavy atom. The lowest BCUT2D eigenvalue weighted by Crippen LogP contribution is -2.31. The topological polar surface area (TPSA) is 63.4 Å². The summed E-state index contributed by atoms with van der Waals surface area (Å²) < 4.78 is 26.4. The number of sulfonamides is 1. The lowest BCUT2D eigenvalue weighted by atomic mass is 10.2. The van der Waals surface area contributed by atoms with E-state index in [2.05, 4.69) is 0 Å². The van der Waals surface area contributed by atoms with Crippen molar-refractivity contribution in [2.24, 2.45) is 0 Å². The minimum absolute atomic E-state index is 0.00644. The second kappa shape index (κ2) is 6.39. The monoisotopic (exact) mass is 310 g/mol. The third-order valence-electron chi connectivity index (χ3n) is 2.99. The first-order valence-corrected chi connectivity index (χ1v) is 8.85. The van der Waals surface area contributed by atoms with Crippen molar-refractivity contribution < 1.29 is 8.42 Å². The third-order valence-corrected chi connectivity index (χ3v) is 5.72. The molecule has 0 atom stereocenters. The summed E-state index contributed by atoms with van der Waals surface area (Å²) in [5.74, 6) is 0.00644. The summed E-state index contributed by atoms with van der Waals surface area (Å²) in [7, 11) is -3.32. The van der Waals surface area contributed by atoms with Crippen LogP contribution in [0.3, 0.4) is 0 Å². The van der Waals surface area contributed by atoms with Crippen molar-refractivity contribution in [2.75, 3.05) is 12.3 Å². The Balaban J connectivity index is 2.12. The Kier molecular flexibility index (Phi) is 4.80. The van der Waals surface area contributed by atoms with E-state index < -0.39 is 10.0 Å². The fourth-order valence-corrected chi connectivity index (χ4v) is 4.23. The van der Waals surface area contributed by atoms with Gasteiger partial charge >= 0.3 is 0 Å². The molecule has 2 aromatic rings. The summed E-state index contributed by atoms with van der Waals surface area (Å²) in [5, 5.41) is 1.95. The molecule has 20 heavy (non-hydrogen) atoms. The van der Waals surface area contributed by atoms with Gasteiger partial charge in [0.15, 0.2) is 0 Å². The number of nitrogens with zero attached hydrogens (tertiary/aromatic N) is 1. The molecular formula is C14H18N2O2S2. The molecule has 2 N–H and O–H groups in total. The first kappa shape index (κ1) is 15.0. The van der Waals surface area contributed by atoms with Gasteiger partial charge in [-0.2, -0.15) is 4.31 Å². The molecule has 0 aliphatic carbocycles. The van der Waals surface area contributed by atoms with E-state index in [1.807, 2.05) is 24.4 Å². The molecule has 0 bridgehead atoms. The molecule has 108 valence electrons. The van der Waals surface area contributed by atoms with Gasteiger partial charge in [0.25, 0.3) is 0 Å². The minimum Gasteiger partial charge on any atom is -0.399 e. The van der Waals surface area contributed by atoms with Gasteiger partial charge in [-0.05, 0) is 29.1 Å². The molecule has 0 radical (unpaired) electrons. The van der Waals surface area contributed by atoms with Crippen LogP contribution >= 0.6 is 11.3 Å². The Hall–Kier alpha value is -1.37. The van der Waals surface area contributed by atoms with Gasteiger partial charge in [-0.15, -0.1) is 11.3 Å². The first-order valence-electron chi connectivity index (χ1n) is 6.36. The van der Waals surface area contributed by atoms with Crippen LogP contribution in [0.25, 0.3) is 0 Å². The van der Waals surface area contributed by atoms with E-state index in [-0.39, 0.29) is 5.75 Å². The molecule has 2 rings (SSSR count). The quantitative estimate of drug-likeness (QED) is 0.834. The predicted octanol–water partition coefficient (Wildman–Crippen LogP) is 2.68. The number of hydrogen-bond acceptors (Lipinski definition) is 4. The third kappa shape index (κ3) is 3.82. The second-order valence-electron chi connectivity index (χ2n) is 4.50. The van der Waals surface area contributed by atoms with Crippen LogP contribution in [0, 0.1) is 0 Å². The average molecular weight is 310 g/mol. The molecule has 0 aliphatic heterocycles. The highest BCUT2D eigenvalue weighted by molar-refractivity contribution is 7.88. The SMILES string of the molecule is CCN(Cc1cccs1)S(=O)(=O)Cc1ccc(N)cc1. The summed E-state index contributed by atoms with van der Waals surface area (Å²) >= 11 is 1.57. The van der Waals surface area contributed by atoms with Gasteiger partial charge < -0.3 is 5.73 Å². The molecule has 0 aliphatic rings. The van der Waals surface area contributed by atoms with Crippen LogP contribution in [0.4, 0.5) is 5.69 Å². The van der Waals surface area contributed by atoms with Gasteiger partial charge in [0.05, 0.1) is 5.75 Å². The average Bonchev–Trinajstić information content (AvgIpc) is 2.91. The predicted molar refractivity (Wildman–Crippen MR) is 83.9 cm³/mol. The van der Waals surface area contributed by atoms with Crippen LogP contribution < -0.4 is 5.73 Å². The Bertz CT molecular complexity index is 634. The van der Waals surface area contributed by atoms with E-state index in [0.29, 0.717) is 18.8 Å². The lowest BCUT2D eigenvalue weighted by molar-refractivity contribution is 0.425. The zero-order chi connectivity index (χ0) is 14.6. The van der Waals surface area contributed by atoms with E-state index in [9.17, 15) is 8.42 Å². The number of hydrogen-bond donors (Lipinski definition) is 1. The van der Waals surface area contributed by atoms with Crippen molar-refractivity contribution in [1.29, 1.82) is 0 Å². The number of rotatable bonds is 6. The maximum absolute atomic E-state index is 12.4. The van der Waals surface area contributed by atoms with Crippen molar-refractivity contribution in [3.05, 3.63) is 52.2 Å². The lowest BCUT2D eigenvalue weighted by Gasteiger charge is -2.19. The number of thiophene rings is 1. The van der Waals surface area contributed by atoms with Crippen LogP contribution in [0.15, 0.2) is 41.8 Å². The largest absolute Gasteiger partial charge is 0.399 e. The van der Waals surface area contributed by atoms with Crippen molar-refractivity contribution in [1.82, 2.24) is 4.31 Å².